The average molecular weight is 408 g/mol. The highest BCUT2D eigenvalue weighted by Gasteiger charge is 2.47. The van der Waals surface area contributed by atoms with Gasteiger partial charge in [0.05, 0.1) is 0 Å². The fourth-order valence-electron chi connectivity index (χ4n) is 3.69. The Morgan fingerprint density at radius 3 is 2.47 bits per heavy atom. The smallest absolute Gasteiger partial charge is 0.324 e. The molecule has 0 aliphatic carbocycles. The summed E-state index contributed by atoms with van der Waals surface area (Å²) >= 11 is 0. The number of carbonyl (C=O) groups excluding carboxylic acids is 3. The molecule has 6 heteroatoms. The molecule has 158 valence electrons. The van der Waals surface area contributed by atoms with E-state index in [9.17, 15) is 14.4 Å². The molecule has 1 saturated heterocycles. The Morgan fingerprint density at radius 1 is 1.10 bits per heavy atom. The van der Waals surface area contributed by atoms with E-state index in [0.29, 0.717) is 18.8 Å². The molecule has 2 aromatic rings. The SMILES string of the molecule is CC[C@@H](C)c1ccccc1NC(=O)CN1C(=O)N[C@@](C)(CCc2ccccc2)C1=O. The van der Waals surface area contributed by atoms with Crippen molar-refractivity contribution in [3.8, 4) is 0 Å². The maximum atomic E-state index is 12.9. The maximum absolute atomic E-state index is 12.9. The van der Waals surface area contributed by atoms with Crippen LogP contribution in [0.15, 0.2) is 54.6 Å². The number of aryl methyl sites for hydroxylation is 1. The lowest BCUT2D eigenvalue weighted by atomic mass is 9.93. The summed E-state index contributed by atoms with van der Waals surface area (Å²) in [5.74, 6) is -0.463. The monoisotopic (exact) mass is 407 g/mol. The van der Waals surface area contributed by atoms with E-state index in [1.807, 2.05) is 54.6 Å². The third-order valence-corrected chi connectivity index (χ3v) is 5.78. The molecule has 2 N–H and O–H groups in total. The van der Waals surface area contributed by atoms with Gasteiger partial charge in [0.2, 0.25) is 5.91 Å². The van der Waals surface area contributed by atoms with Crippen LogP contribution >= 0.6 is 0 Å². The summed E-state index contributed by atoms with van der Waals surface area (Å²) < 4.78 is 0. The van der Waals surface area contributed by atoms with E-state index in [2.05, 4.69) is 24.5 Å². The molecule has 1 fully saturated rings. The Bertz CT molecular complexity index is 928. The van der Waals surface area contributed by atoms with E-state index < -0.39 is 11.6 Å². The highest BCUT2D eigenvalue weighted by Crippen LogP contribution is 2.27. The van der Waals surface area contributed by atoms with Crippen molar-refractivity contribution in [1.29, 1.82) is 0 Å². The van der Waals surface area contributed by atoms with Gasteiger partial charge in [-0.15, -0.1) is 0 Å². The van der Waals surface area contributed by atoms with Crippen LogP contribution in [0.4, 0.5) is 10.5 Å². The number of hydrogen-bond donors (Lipinski definition) is 2. The molecule has 0 aromatic heterocycles. The van der Waals surface area contributed by atoms with E-state index >= 15 is 0 Å². The van der Waals surface area contributed by atoms with E-state index in [1.165, 1.54) is 0 Å². The molecule has 1 aliphatic heterocycles. The lowest BCUT2D eigenvalue weighted by molar-refractivity contribution is -0.133. The number of rotatable bonds is 8. The van der Waals surface area contributed by atoms with E-state index in [1.54, 1.807) is 6.92 Å². The molecule has 0 bridgehead atoms. The second-order valence-electron chi connectivity index (χ2n) is 8.08. The van der Waals surface area contributed by atoms with Crippen molar-refractivity contribution in [2.24, 2.45) is 0 Å². The molecule has 2 aromatic carbocycles. The number of amides is 4. The van der Waals surface area contributed by atoms with E-state index in [0.717, 1.165) is 28.1 Å². The number of benzene rings is 2. The van der Waals surface area contributed by atoms with Crippen LogP contribution in [-0.2, 0) is 16.0 Å². The molecular formula is C24H29N3O3. The van der Waals surface area contributed by atoms with Gasteiger partial charge in [-0.25, -0.2) is 4.79 Å². The van der Waals surface area contributed by atoms with Crippen molar-refractivity contribution >= 4 is 23.5 Å². The summed E-state index contributed by atoms with van der Waals surface area (Å²) in [5, 5.41) is 5.63. The van der Waals surface area contributed by atoms with Crippen LogP contribution in [0.2, 0.25) is 0 Å². The average Bonchev–Trinajstić information content (AvgIpc) is 2.96. The first-order valence-corrected chi connectivity index (χ1v) is 10.4. The van der Waals surface area contributed by atoms with E-state index in [4.69, 9.17) is 0 Å². The first-order chi connectivity index (χ1) is 14.3. The van der Waals surface area contributed by atoms with Crippen LogP contribution in [-0.4, -0.2) is 34.8 Å². The summed E-state index contributed by atoms with van der Waals surface area (Å²) in [6.45, 7) is 5.60. The lowest BCUT2D eigenvalue weighted by Gasteiger charge is -2.22. The Kier molecular flexibility index (Phi) is 6.55. The zero-order chi connectivity index (χ0) is 21.7. The second-order valence-corrected chi connectivity index (χ2v) is 8.08. The van der Waals surface area contributed by atoms with Crippen molar-refractivity contribution in [2.75, 3.05) is 11.9 Å². The summed E-state index contributed by atoms with van der Waals surface area (Å²) in [7, 11) is 0. The third-order valence-electron chi connectivity index (χ3n) is 5.78. The van der Waals surface area contributed by atoms with Crippen LogP contribution in [0.1, 0.15) is 50.7 Å². The Morgan fingerprint density at radius 2 is 1.77 bits per heavy atom. The van der Waals surface area contributed by atoms with Crippen molar-refractivity contribution in [3.05, 3.63) is 65.7 Å². The molecule has 0 radical (unpaired) electrons. The lowest BCUT2D eigenvalue weighted by Crippen LogP contribution is -2.45. The zero-order valence-electron chi connectivity index (χ0n) is 17.8. The number of urea groups is 1. The molecule has 3 rings (SSSR count). The van der Waals surface area contributed by atoms with Crippen LogP contribution < -0.4 is 10.6 Å². The quantitative estimate of drug-likeness (QED) is 0.647. The highest BCUT2D eigenvalue weighted by atomic mass is 16.2. The van der Waals surface area contributed by atoms with Crippen LogP contribution in [0, 0.1) is 0 Å². The Hall–Kier alpha value is -3.15. The van der Waals surface area contributed by atoms with Gasteiger partial charge in [-0.1, -0.05) is 62.4 Å². The fourth-order valence-corrected chi connectivity index (χ4v) is 3.69. The van der Waals surface area contributed by atoms with Gasteiger partial charge in [-0.2, -0.15) is 0 Å². The van der Waals surface area contributed by atoms with Crippen LogP contribution in [0.3, 0.4) is 0 Å². The normalized spacial score (nSPS) is 19.5. The van der Waals surface area contributed by atoms with Gasteiger partial charge in [0.15, 0.2) is 0 Å². The van der Waals surface area contributed by atoms with Gasteiger partial charge in [0.25, 0.3) is 5.91 Å². The molecule has 30 heavy (non-hydrogen) atoms. The molecule has 0 unspecified atom stereocenters. The van der Waals surface area contributed by atoms with Crippen LogP contribution in [0.25, 0.3) is 0 Å². The third kappa shape index (κ3) is 4.70. The van der Waals surface area contributed by atoms with Gasteiger partial charge in [-0.05, 0) is 49.3 Å². The second kappa shape index (κ2) is 9.11. The molecule has 1 heterocycles. The number of para-hydroxylation sites is 1. The number of carbonyl (C=O) groups is 3. The molecule has 0 spiro atoms. The molecule has 6 nitrogen and oxygen atoms in total. The first kappa shape index (κ1) is 21.6. The largest absolute Gasteiger partial charge is 0.325 e. The summed E-state index contributed by atoms with van der Waals surface area (Å²) in [5.41, 5.74) is 1.84. The first-order valence-electron chi connectivity index (χ1n) is 10.4. The minimum atomic E-state index is -1.01. The minimum absolute atomic E-state index is 0.291. The summed E-state index contributed by atoms with van der Waals surface area (Å²) in [4.78, 5) is 39.0. The fraction of sp³-hybridized carbons (Fsp3) is 0.375. The van der Waals surface area contributed by atoms with Gasteiger partial charge >= 0.3 is 6.03 Å². The molecule has 1 aliphatic rings. The number of hydrogen-bond acceptors (Lipinski definition) is 3. The predicted octanol–water partition coefficient (Wildman–Crippen LogP) is 4.08. The summed E-state index contributed by atoms with van der Waals surface area (Å²) in [6.07, 6.45) is 2.07. The topological polar surface area (TPSA) is 78.5 Å². The standard InChI is InChI=1S/C24H29N3O3/c1-4-17(2)19-12-8-9-13-20(19)25-21(28)16-27-22(29)24(3,26-23(27)30)15-14-18-10-6-5-7-11-18/h5-13,17H,4,14-16H2,1-3H3,(H,25,28)(H,26,30)/t17-,24+/m1/s1. The van der Waals surface area contributed by atoms with Crippen molar-refractivity contribution < 1.29 is 14.4 Å². The van der Waals surface area contributed by atoms with Gasteiger partial charge in [0, 0.05) is 5.69 Å². The van der Waals surface area contributed by atoms with Crippen molar-refractivity contribution in [3.63, 3.8) is 0 Å². The molecule has 0 saturated carbocycles. The molecular weight excluding hydrogens is 378 g/mol. The Labute approximate surface area is 177 Å². The van der Waals surface area contributed by atoms with Gasteiger partial charge in [0.1, 0.15) is 12.1 Å². The number of nitrogens with zero attached hydrogens (tertiary/aromatic N) is 1. The predicted molar refractivity (Wildman–Crippen MR) is 117 cm³/mol. The van der Waals surface area contributed by atoms with Crippen LogP contribution in [0.5, 0.6) is 0 Å². The number of nitrogens with one attached hydrogen (secondary N) is 2. The van der Waals surface area contributed by atoms with Gasteiger partial charge < -0.3 is 10.6 Å². The number of anilines is 1. The maximum Gasteiger partial charge on any atom is 0.325 e. The van der Waals surface area contributed by atoms with Crippen molar-refractivity contribution in [1.82, 2.24) is 10.2 Å². The van der Waals surface area contributed by atoms with E-state index in [-0.39, 0.29) is 18.4 Å². The highest BCUT2D eigenvalue weighted by molar-refractivity contribution is 6.10. The molecule has 4 amide bonds. The van der Waals surface area contributed by atoms with Gasteiger partial charge in [-0.3, -0.25) is 14.5 Å². The Balaban J connectivity index is 1.65. The minimum Gasteiger partial charge on any atom is -0.324 e. The van der Waals surface area contributed by atoms with Crippen molar-refractivity contribution in [2.45, 2.75) is 51.5 Å². The number of imide groups is 1. The molecule has 2 atom stereocenters. The zero-order valence-corrected chi connectivity index (χ0v) is 17.8. The summed E-state index contributed by atoms with van der Waals surface area (Å²) in [6, 6.07) is 16.9.